The van der Waals surface area contributed by atoms with Gasteiger partial charge in [0.15, 0.2) is 0 Å². The fourth-order valence-electron chi connectivity index (χ4n) is 5.93. The van der Waals surface area contributed by atoms with Crippen molar-refractivity contribution < 1.29 is 9.59 Å². The van der Waals surface area contributed by atoms with Crippen molar-refractivity contribution >= 4 is 22.7 Å². The maximum atomic E-state index is 14.1. The molecule has 196 valence electrons. The molecule has 2 aromatic heterocycles. The number of rotatable bonds is 7. The number of hydrogen-bond acceptors (Lipinski definition) is 5. The molecule has 8 nitrogen and oxygen atoms in total. The summed E-state index contributed by atoms with van der Waals surface area (Å²) in [6.45, 7) is 4.41. The van der Waals surface area contributed by atoms with Crippen LogP contribution in [0.15, 0.2) is 42.6 Å². The Morgan fingerprint density at radius 2 is 1.81 bits per heavy atom. The molecule has 3 heterocycles. The highest BCUT2D eigenvalue weighted by Crippen LogP contribution is 2.35. The smallest absolute Gasteiger partial charge is 0.246 e. The van der Waals surface area contributed by atoms with E-state index in [4.69, 9.17) is 9.97 Å². The van der Waals surface area contributed by atoms with Gasteiger partial charge in [0.25, 0.3) is 0 Å². The van der Waals surface area contributed by atoms with Crippen molar-refractivity contribution in [3.63, 3.8) is 0 Å². The third-order valence-electron chi connectivity index (χ3n) is 8.08. The molecule has 2 N–H and O–H groups in total. The van der Waals surface area contributed by atoms with Crippen LogP contribution >= 0.6 is 0 Å². The van der Waals surface area contributed by atoms with Gasteiger partial charge in [0.05, 0.1) is 23.3 Å². The lowest BCUT2D eigenvalue weighted by molar-refractivity contribution is -0.139. The van der Waals surface area contributed by atoms with E-state index >= 15 is 0 Å². The molecule has 1 saturated heterocycles. The molecule has 37 heavy (non-hydrogen) atoms. The summed E-state index contributed by atoms with van der Waals surface area (Å²) in [7, 11) is 1.77. The number of likely N-dealkylation sites (N-methyl/N-ethyl adjacent to an activating group) is 1. The fourth-order valence-corrected chi connectivity index (χ4v) is 5.93. The number of carbonyl (C=O) groups excluding carboxylic acids is 2. The number of hydrogen-bond donors (Lipinski definition) is 2. The normalized spacial score (nSPS) is 20.2. The van der Waals surface area contributed by atoms with Crippen molar-refractivity contribution in [3.05, 3.63) is 54.1 Å². The van der Waals surface area contributed by atoms with E-state index in [9.17, 15) is 9.59 Å². The van der Waals surface area contributed by atoms with Gasteiger partial charge in [-0.3, -0.25) is 9.59 Å². The second kappa shape index (κ2) is 11.0. The zero-order chi connectivity index (χ0) is 25.9. The largest absolute Gasteiger partial charge is 0.343 e. The Labute approximate surface area is 218 Å². The molecule has 2 amide bonds. The van der Waals surface area contributed by atoms with Gasteiger partial charge in [-0.2, -0.15) is 0 Å². The van der Waals surface area contributed by atoms with E-state index in [-0.39, 0.29) is 29.8 Å². The number of para-hydroxylation sites is 1. The van der Waals surface area contributed by atoms with Gasteiger partial charge in [0.1, 0.15) is 17.7 Å². The van der Waals surface area contributed by atoms with Crippen LogP contribution in [-0.4, -0.2) is 56.9 Å². The van der Waals surface area contributed by atoms with Crippen molar-refractivity contribution in [1.82, 2.24) is 30.1 Å². The lowest BCUT2D eigenvalue weighted by Crippen LogP contribution is -2.55. The van der Waals surface area contributed by atoms with Crippen LogP contribution in [0.3, 0.4) is 0 Å². The van der Waals surface area contributed by atoms with Gasteiger partial charge in [-0.25, -0.2) is 9.97 Å². The first-order valence-electron chi connectivity index (χ1n) is 13.7. The summed E-state index contributed by atoms with van der Waals surface area (Å²) < 4.78 is 2.08. The second-order valence-corrected chi connectivity index (χ2v) is 10.5. The van der Waals surface area contributed by atoms with Crippen molar-refractivity contribution in [2.24, 2.45) is 5.92 Å². The highest BCUT2D eigenvalue weighted by molar-refractivity contribution is 5.90. The third-order valence-corrected chi connectivity index (χ3v) is 8.08. The number of fused-ring (bicyclic) bond motifs is 1. The molecular formula is C29H38N6O2. The molecular weight excluding hydrogens is 464 g/mol. The molecule has 1 saturated carbocycles. The summed E-state index contributed by atoms with van der Waals surface area (Å²) in [6, 6.07) is 11.4. The Balaban J connectivity index is 1.44. The van der Waals surface area contributed by atoms with E-state index in [0.717, 1.165) is 60.9 Å². The minimum atomic E-state index is -0.500. The van der Waals surface area contributed by atoms with Crippen LogP contribution in [0.5, 0.6) is 0 Å². The van der Waals surface area contributed by atoms with Gasteiger partial charge < -0.3 is 20.1 Å². The molecule has 5 rings (SSSR count). The zero-order valence-electron chi connectivity index (χ0n) is 22.1. The number of nitrogens with zero attached hydrogens (tertiary/aromatic N) is 4. The topological polar surface area (TPSA) is 92.2 Å². The Kier molecular flexibility index (Phi) is 7.55. The fraction of sp³-hybridized carbons (Fsp3) is 0.517. The minimum absolute atomic E-state index is 0.0234. The van der Waals surface area contributed by atoms with E-state index in [0.29, 0.717) is 12.4 Å². The summed E-state index contributed by atoms with van der Waals surface area (Å²) >= 11 is 0. The van der Waals surface area contributed by atoms with Crippen LogP contribution in [0.25, 0.3) is 16.7 Å². The number of amides is 2. The summed E-state index contributed by atoms with van der Waals surface area (Å²) in [5.41, 5.74) is 1.95. The van der Waals surface area contributed by atoms with E-state index in [1.165, 1.54) is 6.42 Å². The van der Waals surface area contributed by atoms with Crippen LogP contribution in [0.1, 0.15) is 69.4 Å². The first-order valence-corrected chi connectivity index (χ1v) is 13.7. The summed E-state index contributed by atoms with van der Waals surface area (Å²) in [4.78, 5) is 38.4. The van der Waals surface area contributed by atoms with Crippen molar-refractivity contribution in [2.75, 3.05) is 13.6 Å². The summed E-state index contributed by atoms with van der Waals surface area (Å²) in [5.74, 6) is 1.56. The number of aryl methyl sites for hydroxylation is 1. The Hall–Kier alpha value is -3.26. The Morgan fingerprint density at radius 3 is 2.59 bits per heavy atom. The zero-order valence-corrected chi connectivity index (χ0v) is 22.1. The monoisotopic (exact) mass is 502 g/mol. The molecule has 8 heteroatoms. The molecule has 1 aromatic carbocycles. The summed E-state index contributed by atoms with van der Waals surface area (Å²) in [6.07, 6.45) is 9.16. The standard InChI is InChI=1S/C29H38N6O2/c1-19(30-3)28(36)33-27(22-11-5-4-6-12-22)29(37)35-16-9-14-25(35)23-18-26(32-20(2)31-23)34-17-15-21-10-7-8-13-24(21)34/h7-8,10,13,15,17-19,22,25,27,30H,4-6,9,11-12,14,16H2,1-3H3,(H,33,36)/t19?,25?,27-/m0/s1. The van der Waals surface area contributed by atoms with Gasteiger partial charge in [0, 0.05) is 18.8 Å². The average Bonchev–Trinajstić information content (AvgIpc) is 3.59. The van der Waals surface area contributed by atoms with Gasteiger partial charge in [-0.15, -0.1) is 0 Å². The number of aromatic nitrogens is 3. The van der Waals surface area contributed by atoms with Crippen LogP contribution in [0.2, 0.25) is 0 Å². The lowest BCUT2D eigenvalue weighted by Gasteiger charge is -2.35. The van der Waals surface area contributed by atoms with Crippen LogP contribution in [0, 0.1) is 12.8 Å². The van der Waals surface area contributed by atoms with Crippen LogP contribution in [0.4, 0.5) is 0 Å². The molecule has 0 bridgehead atoms. The maximum absolute atomic E-state index is 14.1. The van der Waals surface area contributed by atoms with Gasteiger partial charge >= 0.3 is 0 Å². The predicted molar refractivity (Wildman–Crippen MR) is 144 cm³/mol. The Morgan fingerprint density at radius 1 is 1.03 bits per heavy atom. The minimum Gasteiger partial charge on any atom is -0.343 e. The van der Waals surface area contributed by atoms with Gasteiger partial charge in [-0.05, 0) is 70.0 Å². The number of nitrogens with one attached hydrogen (secondary N) is 2. The molecule has 2 aliphatic rings. The predicted octanol–water partition coefficient (Wildman–Crippen LogP) is 4.07. The highest BCUT2D eigenvalue weighted by atomic mass is 16.2. The number of likely N-dealkylation sites (tertiary alicyclic amines) is 1. The molecule has 0 radical (unpaired) electrons. The second-order valence-electron chi connectivity index (χ2n) is 10.5. The van der Waals surface area contributed by atoms with Crippen molar-refractivity contribution in [2.45, 2.75) is 76.9 Å². The summed E-state index contributed by atoms with van der Waals surface area (Å²) in [5, 5.41) is 7.27. The molecule has 2 fully saturated rings. The number of benzene rings is 1. The first kappa shape index (κ1) is 25.4. The lowest BCUT2D eigenvalue weighted by atomic mass is 9.83. The highest BCUT2D eigenvalue weighted by Gasteiger charge is 2.39. The molecule has 2 unspecified atom stereocenters. The van der Waals surface area contributed by atoms with E-state index < -0.39 is 6.04 Å². The van der Waals surface area contributed by atoms with Gasteiger partial charge in [0.2, 0.25) is 11.8 Å². The molecule has 1 aliphatic heterocycles. The SMILES string of the molecule is CNC(C)C(=O)N[C@H](C(=O)N1CCCC1c1cc(-n2ccc3ccccc32)nc(C)n1)C1CCCCC1. The quantitative estimate of drug-likeness (QED) is 0.508. The number of carbonyl (C=O) groups is 2. The average molecular weight is 503 g/mol. The molecule has 0 spiro atoms. The maximum Gasteiger partial charge on any atom is 0.246 e. The van der Waals surface area contributed by atoms with Crippen LogP contribution < -0.4 is 10.6 Å². The molecule has 3 aromatic rings. The van der Waals surface area contributed by atoms with Crippen molar-refractivity contribution in [3.8, 4) is 5.82 Å². The van der Waals surface area contributed by atoms with Crippen LogP contribution in [-0.2, 0) is 9.59 Å². The van der Waals surface area contributed by atoms with E-state index in [1.54, 1.807) is 7.05 Å². The van der Waals surface area contributed by atoms with E-state index in [1.807, 2.05) is 43.1 Å². The third kappa shape index (κ3) is 5.25. The van der Waals surface area contributed by atoms with E-state index in [2.05, 4.69) is 33.4 Å². The first-order chi connectivity index (χ1) is 18.0. The van der Waals surface area contributed by atoms with Crippen molar-refractivity contribution in [1.29, 1.82) is 0 Å². The Bertz CT molecular complexity index is 1260. The molecule has 1 aliphatic carbocycles. The van der Waals surface area contributed by atoms with Gasteiger partial charge in [-0.1, -0.05) is 37.5 Å². The molecule has 3 atom stereocenters.